The molecular weight excluding hydrogens is 392 g/mol. The van der Waals surface area contributed by atoms with Gasteiger partial charge in [-0.2, -0.15) is 5.26 Å². The van der Waals surface area contributed by atoms with E-state index in [-0.39, 0.29) is 23.3 Å². The van der Waals surface area contributed by atoms with Crippen molar-refractivity contribution < 1.29 is 14.3 Å². The molecule has 1 aromatic carbocycles. The molecule has 1 aliphatic heterocycles. The van der Waals surface area contributed by atoms with Crippen LogP contribution in [0, 0.1) is 34.5 Å². The highest BCUT2D eigenvalue weighted by atomic mass is 16.5. The quantitative estimate of drug-likeness (QED) is 0.749. The molecule has 3 atom stereocenters. The number of hydrogen-bond acceptors (Lipinski definition) is 5. The number of rotatable bonds is 5. The van der Waals surface area contributed by atoms with Crippen molar-refractivity contribution in [2.45, 2.75) is 50.8 Å². The fraction of sp³-hybridized carbons (Fsp3) is 0.625. The third-order valence-corrected chi connectivity index (χ3v) is 8.01. The molecule has 2 unspecified atom stereocenters. The Hall–Kier alpha value is -2.43. The molecule has 2 amide bonds. The number of carbonyl (C=O) groups is 2. The van der Waals surface area contributed by atoms with Crippen LogP contribution in [0.4, 0.5) is 0 Å². The molecule has 7 nitrogen and oxygen atoms in total. The van der Waals surface area contributed by atoms with Crippen molar-refractivity contribution in [1.29, 1.82) is 5.26 Å². The maximum atomic E-state index is 13.1. The SMILES string of the molecule is N#Cc1cccc(CN2CCO[C@@H](C(=O)NC3C4CC5CC3CC(C(N)=O)(C5)C4)C2)c1. The first-order valence-corrected chi connectivity index (χ1v) is 11.4. The lowest BCUT2D eigenvalue weighted by Crippen LogP contribution is -2.63. The van der Waals surface area contributed by atoms with E-state index in [1.165, 1.54) is 0 Å². The van der Waals surface area contributed by atoms with Gasteiger partial charge in [-0.3, -0.25) is 14.5 Å². The molecule has 31 heavy (non-hydrogen) atoms. The third kappa shape index (κ3) is 3.83. The van der Waals surface area contributed by atoms with Crippen LogP contribution in [0.3, 0.4) is 0 Å². The first-order chi connectivity index (χ1) is 15.0. The van der Waals surface area contributed by atoms with Crippen LogP contribution < -0.4 is 11.1 Å². The number of primary amides is 1. The summed E-state index contributed by atoms with van der Waals surface area (Å²) in [6.45, 7) is 2.51. The van der Waals surface area contributed by atoms with Gasteiger partial charge in [0.2, 0.25) is 5.91 Å². The Morgan fingerprint density at radius 2 is 2.03 bits per heavy atom. The van der Waals surface area contributed by atoms with Gasteiger partial charge in [0.15, 0.2) is 0 Å². The minimum Gasteiger partial charge on any atom is -0.369 e. The number of benzene rings is 1. The van der Waals surface area contributed by atoms with Gasteiger partial charge in [-0.05, 0) is 67.6 Å². The third-order valence-electron chi connectivity index (χ3n) is 8.01. The van der Waals surface area contributed by atoms with Crippen LogP contribution in [0.1, 0.15) is 43.2 Å². The van der Waals surface area contributed by atoms with Crippen molar-refractivity contribution >= 4 is 11.8 Å². The van der Waals surface area contributed by atoms with Gasteiger partial charge in [0.25, 0.3) is 5.91 Å². The summed E-state index contributed by atoms with van der Waals surface area (Å²) in [5.41, 5.74) is 7.16. The number of carbonyl (C=O) groups excluding carboxylic acids is 2. The van der Waals surface area contributed by atoms with Gasteiger partial charge in [-0.1, -0.05) is 12.1 Å². The predicted octanol–water partition coefficient (Wildman–Crippen LogP) is 1.56. The monoisotopic (exact) mass is 422 g/mol. The molecule has 4 saturated carbocycles. The topological polar surface area (TPSA) is 108 Å². The first-order valence-electron chi connectivity index (χ1n) is 11.4. The normalized spacial score (nSPS) is 36.7. The van der Waals surface area contributed by atoms with Crippen molar-refractivity contribution in [3.63, 3.8) is 0 Å². The maximum Gasteiger partial charge on any atom is 0.250 e. The van der Waals surface area contributed by atoms with Gasteiger partial charge in [-0.25, -0.2) is 0 Å². The molecule has 1 aromatic rings. The Labute approximate surface area is 182 Å². The molecule has 0 radical (unpaired) electrons. The maximum absolute atomic E-state index is 13.1. The molecule has 1 heterocycles. The standard InChI is InChI=1S/C24H30N4O3/c25-12-15-2-1-3-16(6-15)13-28-4-5-31-20(14-28)22(29)27-21-18-7-17-8-19(21)11-24(9-17,10-18)23(26)30/h1-3,6,17-21H,4-5,7-11,13-14H2,(H2,26,30)(H,27,29)/t17?,18?,19?,20-,21?,24?/m1/s1. The average Bonchev–Trinajstić information content (AvgIpc) is 2.76. The smallest absolute Gasteiger partial charge is 0.250 e. The van der Waals surface area contributed by atoms with Crippen molar-refractivity contribution in [3.8, 4) is 6.07 Å². The molecule has 164 valence electrons. The Kier molecular flexibility index (Phi) is 5.23. The van der Waals surface area contributed by atoms with Crippen molar-refractivity contribution in [2.75, 3.05) is 19.7 Å². The Morgan fingerprint density at radius 3 is 2.74 bits per heavy atom. The summed E-state index contributed by atoms with van der Waals surface area (Å²) < 4.78 is 5.82. The molecule has 0 aromatic heterocycles. The highest BCUT2D eigenvalue weighted by Gasteiger charge is 2.58. The second-order valence-corrected chi connectivity index (χ2v) is 10.1. The zero-order chi connectivity index (χ0) is 21.6. The number of nitrogens with one attached hydrogen (secondary N) is 1. The van der Waals surface area contributed by atoms with Crippen molar-refractivity contribution in [2.24, 2.45) is 28.9 Å². The van der Waals surface area contributed by atoms with Gasteiger partial charge in [0, 0.05) is 31.1 Å². The summed E-state index contributed by atoms with van der Waals surface area (Å²) in [6, 6.07) is 9.90. The fourth-order valence-corrected chi connectivity index (χ4v) is 6.82. The molecule has 0 spiro atoms. The molecule has 5 aliphatic rings. The number of nitriles is 1. The van der Waals surface area contributed by atoms with Crippen LogP contribution >= 0.6 is 0 Å². The zero-order valence-electron chi connectivity index (χ0n) is 17.8. The fourth-order valence-electron chi connectivity index (χ4n) is 6.82. The van der Waals surface area contributed by atoms with Crippen molar-refractivity contribution in [3.05, 3.63) is 35.4 Å². The van der Waals surface area contributed by atoms with Gasteiger partial charge in [0.1, 0.15) is 6.10 Å². The van der Waals surface area contributed by atoms with E-state index in [1.807, 2.05) is 18.2 Å². The minimum absolute atomic E-state index is 0.0407. The molecule has 4 aliphatic carbocycles. The van der Waals surface area contributed by atoms with E-state index in [1.54, 1.807) is 6.07 Å². The van der Waals surface area contributed by atoms with Gasteiger partial charge >= 0.3 is 0 Å². The summed E-state index contributed by atoms with van der Waals surface area (Å²) in [4.78, 5) is 27.5. The lowest BCUT2D eigenvalue weighted by Gasteiger charge is -2.59. The largest absolute Gasteiger partial charge is 0.369 e. The zero-order valence-corrected chi connectivity index (χ0v) is 17.8. The van der Waals surface area contributed by atoms with Crippen molar-refractivity contribution in [1.82, 2.24) is 10.2 Å². The number of nitrogens with zero attached hydrogens (tertiary/aromatic N) is 2. The van der Waals surface area contributed by atoms with E-state index < -0.39 is 6.10 Å². The van der Waals surface area contributed by atoms with E-state index in [4.69, 9.17) is 15.7 Å². The molecule has 6 rings (SSSR count). The summed E-state index contributed by atoms with van der Waals surface area (Å²) >= 11 is 0. The second kappa shape index (κ2) is 7.92. The number of hydrogen-bond donors (Lipinski definition) is 2. The minimum atomic E-state index is -0.491. The van der Waals surface area contributed by atoms with E-state index in [0.717, 1.165) is 44.2 Å². The van der Waals surface area contributed by atoms with Crippen LogP contribution in [0.5, 0.6) is 0 Å². The Bertz CT molecular complexity index is 910. The first kappa shape index (κ1) is 20.5. The lowest BCUT2D eigenvalue weighted by molar-refractivity contribution is -0.151. The highest BCUT2D eigenvalue weighted by molar-refractivity contribution is 5.83. The second-order valence-electron chi connectivity index (χ2n) is 10.1. The van der Waals surface area contributed by atoms with Gasteiger partial charge in [0.05, 0.1) is 18.2 Å². The summed E-state index contributed by atoms with van der Waals surface area (Å²) in [5, 5.41) is 12.4. The van der Waals surface area contributed by atoms with Crippen LogP contribution in [0.15, 0.2) is 24.3 Å². The number of morpholine rings is 1. The molecule has 1 saturated heterocycles. The Morgan fingerprint density at radius 1 is 1.26 bits per heavy atom. The number of ether oxygens (including phenoxy) is 1. The molecule has 7 heteroatoms. The van der Waals surface area contributed by atoms with Crippen LogP contribution in [0.2, 0.25) is 0 Å². The summed E-state index contributed by atoms with van der Waals surface area (Å²) in [6.07, 6.45) is 4.24. The van der Waals surface area contributed by atoms with Crippen LogP contribution in [0.25, 0.3) is 0 Å². The molecular formula is C24H30N4O3. The van der Waals surface area contributed by atoms with Gasteiger partial charge < -0.3 is 15.8 Å². The van der Waals surface area contributed by atoms with E-state index in [0.29, 0.717) is 43.0 Å². The van der Waals surface area contributed by atoms with E-state index in [9.17, 15) is 9.59 Å². The number of amides is 2. The lowest BCUT2D eigenvalue weighted by atomic mass is 9.47. The molecule has 4 bridgehead atoms. The Balaban J connectivity index is 1.21. The average molecular weight is 423 g/mol. The van der Waals surface area contributed by atoms with E-state index in [2.05, 4.69) is 16.3 Å². The summed E-state index contributed by atoms with van der Waals surface area (Å²) in [5.74, 6) is 1.07. The summed E-state index contributed by atoms with van der Waals surface area (Å²) in [7, 11) is 0. The van der Waals surface area contributed by atoms with E-state index >= 15 is 0 Å². The number of nitrogens with two attached hydrogens (primary N) is 1. The molecule has 3 N–H and O–H groups in total. The van der Waals surface area contributed by atoms with Crippen LogP contribution in [-0.2, 0) is 20.9 Å². The van der Waals surface area contributed by atoms with Gasteiger partial charge in [-0.15, -0.1) is 0 Å². The predicted molar refractivity (Wildman–Crippen MR) is 113 cm³/mol. The van der Waals surface area contributed by atoms with Crippen LogP contribution in [-0.4, -0.2) is 48.6 Å². The molecule has 5 fully saturated rings. The highest BCUT2D eigenvalue weighted by Crippen LogP contribution is 2.59.